The number of hydrogen-bond acceptors (Lipinski definition) is 4. The first-order valence-electron chi connectivity index (χ1n) is 18.4. The van der Waals surface area contributed by atoms with Crippen LogP contribution < -0.4 is 0 Å². The minimum Gasteiger partial charge on any atom is -0.456 e. The van der Waals surface area contributed by atoms with Gasteiger partial charge in [-0.25, -0.2) is 9.97 Å². The largest absolute Gasteiger partial charge is 0.456 e. The van der Waals surface area contributed by atoms with Gasteiger partial charge in [-0.1, -0.05) is 140 Å². The van der Waals surface area contributed by atoms with Crippen LogP contribution in [0, 0.1) is 0 Å². The second-order valence-electron chi connectivity index (χ2n) is 13.6. The van der Waals surface area contributed by atoms with Gasteiger partial charge in [0, 0.05) is 45.4 Å². The van der Waals surface area contributed by atoms with E-state index >= 15 is 0 Å². The van der Waals surface area contributed by atoms with E-state index in [1.807, 2.05) is 60.9 Å². The van der Waals surface area contributed by atoms with E-state index in [0.717, 1.165) is 72.3 Å². The maximum atomic E-state index is 6.30. The fourth-order valence-corrected chi connectivity index (χ4v) is 7.53. The van der Waals surface area contributed by atoms with Crippen molar-refractivity contribution in [1.82, 2.24) is 15.0 Å². The summed E-state index contributed by atoms with van der Waals surface area (Å²) in [7, 11) is 0. The standard InChI is InChI=1S/C51H33N3O/c1-4-14-34(15-5-1)42-26-25-37(31-45(42)35-16-6-2-7-17-35)39-28-40(38-20-13-27-52-33-38)30-41(29-39)46-32-47(54-51(53-46)36-18-8-3-9-19-36)43-22-12-24-49-50(43)44-21-10-11-23-48(44)55-49/h1-33H. The molecule has 0 aliphatic heterocycles. The second kappa shape index (κ2) is 13.8. The van der Waals surface area contributed by atoms with Gasteiger partial charge in [-0.2, -0.15) is 0 Å². The Balaban J connectivity index is 1.20. The number of nitrogens with zero attached hydrogens (tertiary/aromatic N) is 3. The zero-order valence-electron chi connectivity index (χ0n) is 29.8. The Morgan fingerprint density at radius 3 is 1.71 bits per heavy atom. The molecule has 0 saturated heterocycles. The Bertz CT molecular complexity index is 2960. The van der Waals surface area contributed by atoms with Crippen LogP contribution in [0.2, 0.25) is 0 Å². The lowest BCUT2D eigenvalue weighted by Crippen LogP contribution is -1.97. The highest BCUT2D eigenvalue weighted by Crippen LogP contribution is 2.41. The highest BCUT2D eigenvalue weighted by molar-refractivity contribution is 6.12. The van der Waals surface area contributed by atoms with E-state index in [4.69, 9.17) is 14.4 Å². The minimum absolute atomic E-state index is 0.657. The van der Waals surface area contributed by atoms with Crippen LogP contribution >= 0.6 is 0 Å². The molecule has 0 saturated carbocycles. The van der Waals surface area contributed by atoms with Gasteiger partial charge in [0.25, 0.3) is 0 Å². The lowest BCUT2D eigenvalue weighted by Gasteiger charge is -2.16. The van der Waals surface area contributed by atoms with Gasteiger partial charge in [-0.3, -0.25) is 4.98 Å². The molecule has 0 aliphatic rings. The van der Waals surface area contributed by atoms with E-state index in [1.165, 1.54) is 22.3 Å². The normalized spacial score (nSPS) is 11.3. The van der Waals surface area contributed by atoms with E-state index < -0.39 is 0 Å². The summed E-state index contributed by atoms with van der Waals surface area (Å²) in [6, 6.07) is 65.5. The van der Waals surface area contributed by atoms with Crippen molar-refractivity contribution in [2.24, 2.45) is 0 Å². The van der Waals surface area contributed by atoms with Crippen LogP contribution in [0.25, 0.3) is 100 Å². The fraction of sp³-hybridized carbons (Fsp3) is 0. The summed E-state index contributed by atoms with van der Waals surface area (Å²) in [6.07, 6.45) is 3.73. The molecular formula is C51H33N3O. The molecule has 0 aliphatic carbocycles. The molecule has 0 fully saturated rings. The molecule has 0 unspecified atom stereocenters. The van der Waals surface area contributed by atoms with Crippen LogP contribution in [0.1, 0.15) is 0 Å². The summed E-state index contributed by atoms with van der Waals surface area (Å²) in [5, 5.41) is 2.10. The number of benzene rings is 7. The Labute approximate surface area is 319 Å². The molecular weight excluding hydrogens is 671 g/mol. The van der Waals surface area contributed by atoms with Crippen molar-refractivity contribution in [3.63, 3.8) is 0 Å². The molecule has 10 aromatic rings. The van der Waals surface area contributed by atoms with Crippen LogP contribution in [0.3, 0.4) is 0 Å². The number of para-hydroxylation sites is 1. The van der Waals surface area contributed by atoms with Gasteiger partial charge in [-0.15, -0.1) is 0 Å². The van der Waals surface area contributed by atoms with Crippen molar-refractivity contribution in [2.45, 2.75) is 0 Å². The van der Waals surface area contributed by atoms with Crippen LogP contribution in [0.5, 0.6) is 0 Å². The Morgan fingerprint density at radius 2 is 0.964 bits per heavy atom. The molecule has 7 aromatic carbocycles. The van der Waals surface area contributed by atoms with Crippen molar-refractivity contribution < 1.29 is 4.42 Å². The monoisotopic (exact) mass is 703 g/mol. The maximum Gasteiger partial charge on any atom is 0.160 e. The van der Waals surface area contributed by atoms with Gasteiger partial charge in [0.2, 0.25) is 0 Å². The van der Waals surface area contributed by atoms with Crippen LogP contribution in [0.15, 0.2) is 205 Å². The molecule has 0 radical (unpaired) electrons. The fourth-order valence-electron chi connectivity index (χ4n) is 7.53. The quantitative estimate of drug-likeness (QED) is 0.166. The summed E-state index contributed by atoms with van der Waals surface area (Å²) in [4.78, 5) is 15.0. The third kappa shape index (κ3) is 6.16. The maximum absolute atomic E-state index is 6.30. The molecule has 258 valence electrons. The molecule has 3 aromatic heterocycles. The second-order valence-corrected chi connectivity index (χ2v) is 13.6. The van der Waals surface area contributed by atoms with E-state index in [1.54, 1.807) is 0 Å². The summed E-state index contributed by atoms with van der Waals surface area (Å²) in [5.41, 5.74) is 15.2. The smallest absolute Gasteiger partial charge is 0.160 e. The van der Waals surface area contributed by atoms with Gasteiger partial charge in [0.1, 0.15) is 11.2 Å². The number of fused-ring (bicyclic) bond motifs is 3. The Morgan fingerprint density at radius 1 is 0.345 bits per heavy atom. The van der Waals surface area contributed by atoms with Crippen molar-refractivity contribution in [1.29, 1.82) is 0 Å². The van der Waals surface area contributed by atoms with Crippen molar-refractivity contribution in [3.8, 4) is 78.4 Å². The van der Waals surface area contributed by atoms with E-state index in [-0.39, 0.29) is 0 Å². The minimum atomic E-state index is 0.657. The molecule has 0 atom stereocenters. The predicted molar refractivity (Wildman–Crippen MR) is 225 cm³/mol. The number of rotatable bonds is 7. The first-order chi connectivity index (χ1) is 27.2. The van der Waals surface area contributed by atoms with Crippen molar-refractivity contribution in [3.05, 3.63) is 200 Å². The number of pyridine rings is 1. The lowest BCUT2D eigenvalue weighted by molar-refractivity contribution is 0.669. The summed E-state index contributed by atoms with van der Waals surface area (Å²) < 4.78 is 6.30. The Hall–Kier alpha value is -7.43. The van der Waals surface area contributed by atoms with Gasteiger partial charge in [0.05, 0.1) is 11.4 Å². The number of hydrogen-bond donors (Lipinski definition) is 0. The van der Waals surface area contributed by atoms with Crippen LogP contribution in [-0.4, -0.2) is 15.0 Å². The van der Waals surface area contributed by atoms with Crippen molar-refractivity contribution >= 4 is 21.9 Å². The molecule has 10 rings (SSSR count). The SMILES string of the molecule is c1ccc(-c2nc(-c3cc(-c4cccnc4)cc(-c4ccc(-c5ccccc5)c(-c5ccccc5)c4)c3)cc(-c3cccc4oc5ccccc5c34)n2)cc1. The molecule has 0 amide bonds. The predicted octanol–water partition coefficient (Wildman–Crippen LogP) is 13.4. The highest BCUT2D eigenvalue weighted by Gasteiger charge is 2.18. The third-order valence-corrected chi connectivity index (χ3v) is 10.2. The summed E-state index contributed by atoms with van der Waals surface area (Å²) >= 11 is 0. The lowest BCUT2D eigenvalue weighted by atomic mass is 9.89. The van der Waals surface area contributed by atoms with Gasteiger partial charge >= 0.3 is 0 Å². The van der Waals surface area contributed by atoms with E-state index in [9.17, 15) is 0 Å². The average Bonchev–Trinajstić information content (AvgIpc) is 3.66. The molecule has 4 nitrogen and oxygen atoms in total. The first-order valence-corrected chi connectivity index (χ1v) is 18.4. The summed E-state index contributed by atoms with van der Waals surface area (Å²) in [6.45, 7) is 0. The van der Waals surface area contributed by atoms with E-state index in [0.29, 0.717) is 5.82 Å². The topological polar surface area (TPSA) is 51.8 Å². The highest BCUT2D eigenvalue weighted by atomic mass is 16.3. The zero-order valence-corrected chi connectivity index (χ0v) is 29.8. The molecule has 0 spiro atoms. The molecule has 0 N–H and O–H groups in total. The first kappa shape index (κ1) is 32.2. The molecule has 3 heterocycles. The number of aromatic nitrogens is 3. The van der Waals surface area contributed by atoms with Gasteiger partial charge in [-0.05, 0) is 87.5 Å². The van der Waals surface area contributed by atoms with Gasteiger partial charge < -0.3 is 4.42 Å². The number of furan rings is 1. The van der Waals surface area contributed by atoms with Crippen LogP contribution in [0.4, 0.5) is 0 Å². The van der Waals surface area contributed by atoms with Crippen molar-refractivity contribution in [2.75, 3.05) is 0 Å². The third-order valence-electron chi connectivity index (χ3n) is 10.2. The molecule has 4 heteroatoms. The molecule has 55 heavy (non-hydrogen) atoms. The summed E-state index contributed by atoms with van der Waals surface area (Å²) in [5.74, 6) is 0.657. The van der Waals surface area contributed by atoms with Gasteiger partial charge in [0.15, 0.2) is 5.82 Å². The van der Waals surface area contributed by atoms with E-state index in [2.05, 4.69) is 145 Å². The van der Waals surface area contributed by atoms with Crippen LogP contribution in [-0.2, 0) is 0 Å². The molecule has 0 bridgehead atoms. The average molecular weight is 704 g/mol. The Kier molecular flexibility index (Phi) is 8.12. The zero-order chi connectivity index (χ0) is 36.6.